The molecule has 22 heavy (non-hydrogen) atoms. The number of rotatable bonds is 5. The molecule has 116 valence electrons. The molecule has 4 nitrogen and oxygen atoms in total. The van der Waals surface area contributed by atoms with Crippen LogP contribution in [0.2, 0.25) is 0 Å². The molecule has 0 bridgehead atoms. The number of hydrogen-bond donors (Lipinski definition) is 2. The van der Waals surface area contributed by atoms with Crippen molar-refractivity contribution >= 4 is 17.3 Å². The third-order valence-corrected chi connectivity index (χ3v) is 3.30. The highest BCUT2D eigenvalue weighted by Crippen LogP contribution is 2.22. The van der Waals surface area contributed by atoms with Gasteiger partial charge in [0.1, 0.15) is 5.75 Å². The second-order valence-corrected chi connectivity index (χ2v) is 5.71. The first-order valence-electron chi connectivity index (χ1n) is 7.36. The van der Waals surface area contributed by atoms with Crippen molar-refractivity contribution in [2.45, 2.75) is 20.8 Å². The number of benzene rings is 2. The lowest BCUT2D eigenvalue weighted by Crippen LogP contribution is -2.13. The van der Waals surface area contributed by atoms with Crippen molar-refractivity contribution < 1.29 is 9.53 Å². The summed E-state index contributed by atoms with van der Waals surface area (Å²) in [6.07, 6.45) is 0. The van der Waals surface area contributed by atoms with Crippen LogP contribution >= 0.6 is 0 Å². The average molecular weight is 298 g/mol. The van der Waals surface area contributed by atoms with Crippen LogP contribution in [0.3, 0.4) is 0 Å². The van der Waals surface area contributed by atoms with Gasteiger partial charge in [0, 0.05) is 16.9 Å². The molecule has 0 unspecified atom stereocenters. The molecule has 2 rings (SSSR count). The van der Waals surface area contributed by atoms with E-state index in [2.05, 4.69) is 19.2 Å². The number of nitrogens with one attached hydrogen (secondary N) is 1. The molecule has 0 saturated carbocycles. The Hall–Kier alpha value is -2.49. The van der Waals surface area contributed by atoms with Crippen LogP contribution in [0.15, 0.2) is 42.5 Å². The molecule has 0 aliphatic carbocycles. The van der Waals surface area contributed by atoms with Crippen molar-refractivity contribution in [3.05, 3.63) is 53.6 Å². The first kappa shape index (κ1) is 15.9. The highest BCUT2D eigenvalue weighted by Gasteiger charge is 2.10. The lowest BCUT2D eigenvalue weighted by molar-refractivity contribution is 0.102. The van der Waals surface area contributed by atoms with Gasteiger partial charge in [-0.25, -0.2) is 0 Å². The van der Waals surface area contributed by atoms with Crippen molar-refractivity contribution in [3.8, 4) is 5.75 Å². The van der Waals surface area contributed by atoms with Crippen LogP contribution in [-0.4, -0.2) is 12.5 Å². The molecule has 0 aromatic heterocycles. The average Bonchev–Trinajstić information content (AvgIpc) is 2.50. The molecule has 1 amide bonds. The van der Waals surface area contributed by atoms with Gasteiger partial charge in [-0.1, -0.05) is 26.0 Å². The molecule has 2 aromatic carbocycles. The van der Waals surface area contributed by atoms with Crippen molar-refractivity contribution in [1.82, 2.24) is 0 Å². The molecule has 0 aliphatic rings. The molecule has 0 atom stereocenters. The fourth-order valence-electron chi connectivity index (χ4n) is 1.97. The van der Waals surface area contributed by atoms with Crippen LogP contribution in [0.25, 0.3) is 0 Å². The lowest BCUT2D eigenvalue weighted by atomic mass is 10.1. The van der Waals surface area contributed by atoms with Gasteiger partial charge in [0.05, 0.1) is 6.61 Å². The number of ether oxygens (including phenoxy) is 1. The number of carbonyl (C=O) groups is 1. The molecule has 0 aliphatic heterocycles. The van der Waals surface area contributed by atoms with E-state index in [1.807, 2.05) is 37.3 Å². The Morgan fingerprint density at radius 1 is 1.23 bits per heavy atom. The predicted molar refractivity (Wildman–Crippen MR) is 90.3 cm³/mol. The van der Waals surface area contributed by atoms with Gasteiger partial charge >= 0.3 is 0 Å². The van der Waals surface area contributed by atoms with E-state index in [-0.39, 0.29) is 5.91 Å². The zero-order valence-corrected chi connectivity index (χ0v) is 13.2. The van der Waals surface area contributed by atoms with Gasteiger partial charge in [0.25, 0.3) is 5.91 Å². The molecule has 3 N–H and O–H groups in total. The second kappa shape index (κ2) is 6.98. The van der Waals surface area contributed by atoms with Crippen LogP contribution in [0.4, 0.5) is 11.4 Å². The van der Waals surface area contributed by atoms with E-state index in [9.17, 15) is 4.79 Å². The second-order valence-electron chi connectivity index (χ2n) is 5.71. The van der Waals surface area contributed by atoms with Crippen LogP contribution in [0.5, 0.6) is 5.75 Å². The smallest absolute Gasteiger partial charge is 0.255 e. The number of anilines is 2. The third-order valence-electron chi connectivity index (χ3n) is 3.30. The van der Waals surface area contributed by atoms with Gasteiger partial charge < -0.3 is 15.8 Å². The molecule has 0 radical (unpaired) electrons. The minimum atomic E-state index is -0.177. The zero-order valence-electron chi connectivity index (χ0n) is 13.2. The minimum absolute atomic E-state index is 0.177. The fourth-order valence-corrected chi connectivity index (χ4v) is 1.97. The summed E-state index contributed by atoms with van der Waals surface area (Å²) in [6.45, 7) is 6.67. The quantitative estimate of drug-likeness (QED) is 0.824. The normalized spacial score (nSPS) is 10.5. The van der Waals surface area contributed by atoms with Crippen molar-refractivity contribution in [2.24, 2.45) is 5.92 Å². The number of amides is 1. The lowest BCUT2D eigenvalue weighted by Gasteiger charge is -2.12. The van der Waals surface area contributed by atoms with Gasteiger partial charge in [-0.3, -0.25) is 4.79 Å². The Balaban J connectivity index is 2.12. The van der Waals surface area contributed by atoms with E-state index < -0.39 is 0 Å². The Morgan fingerprint density at radius 2 is 1.95 bits per heavy atom. The summed E-state index contributed by atoms with van der Waals surface area (Å²) in [5.74, 6) is 0.960. The number of nitrogen functional groups attached to an aromatic ring is 1. The largest absolute Gasteiger partial charge is 0.493 e. The van der Waals surface area contributed by atoms with E-state index in [0.717, 1.165) is 11.3 Å². The van der Waals surface area contributed by atoms with Gasteiger partial charge in [0.2, 0.25) is 0 Å². The standard InChI is InChI=1S/C18H22N2O2/c1-12(2)11-22-15-7-4-6-14(10-15)18(21)20-17-9-5-8-16(19)13(17)3/h4-10,12H,11,19H2,1-3H3,(H,20,21). The predicted octanol–water partition coefficient (Wildman–Crippen LogP) is 3.86. The van der Waals surface area contributed by atoms with E-state index in [1.165, 1.54) is 0 Å². The summed E-state index contributed by atoms with van der Waals surface area (Å²) in [6, 6.07) is 12.6. The SMILES string of the molecule is Cc1c(N)cccc1NC(=O)c1cccc(OCC(C)C)c1. The number of hydrogen-bond acceptors (Lipinski definition) is 3. The van der Waals surface area contributed by atoms with Crippen molar-refractivity contribution in [2.75, 3.05) is 17.7 Å². The summed E-state index contributed by atoms with van der Waals surface area (Å²) in [7, 11) is 0. The summed E-state index contributed by atoms with van der Waals surface area (Å²) >= 11 is 0. The molecule has 0 saturated heterocycles. The molecular formula is C18H22N2O2. The summed E-state index contributed by atoms with van der Waals surface area (Å²) in [5, 5.41) is 2.88. The molecular weight excluding hydrogens is 276 g/mol. The van der Waals surface area contributed by atoms with Crippen LogP contribution in [-0.2, 0) is 0 Å². The van der Waals surface area contributed by atoms with Crippen LogP contribution in [0.1, 0.15) is 29.8 Å². The third kappa shape index (κ3) is 4.01. The monoisotopic (exact) mass is 298 g/mol. The minimum Gasteiger partial charge on any atom is -0.493 e. The van der Waals surface area contributed by atoms with E-state index in [4.69, 9.17) is 10.5 Å². The first-order chi connectivity index (χ1) is 10.5. The van der Waals surface area contributed by atoms with Crippen molar-refractivity contribution in [3.63, 3.8) is 0 Å². The van der Waals surface area contributed by atoms with Gasteiger partial charge in [-0.2, -0.15) is 0 Å². The van der Waals surface area contributed by atoms with Gasteiger partial charge in [0.15, 0.2) is 0 Å². The zero-order chi connectivity index (χ0) is 16.1. The molecule has 0 fully saturated rings. The highest BCUT2D eigenvalue weighted by molar-refractivity contribution is 6.05. The first-order valence-corrected chi connectivity index (χ1v) is 7.36. The topological polar surface area (TPSA) is 64.3 Å². The van der Waals surface area contributed by atoms with Crippen LogP contribution < -0.4 is 15.8 Å². The van der Waals surface area contributed by atoms with Gasteiger partial charge in [-0.05, 0) is 48.7 Å². The van der Waals surface area contributed by atoms with Gasteiger partial charge in [-0.15, -0.1) is 0 Å². The Labute approximate surface area is 131 Å². The Kier molecular flexibility index (Phi) is 5.04. The molecule has 4 heteroatoms. The maximum Gasteiger partial charge on any atom is 0.255 e. The number of carbonyl (C=O) groups excluding carboxylic acids is 1. The summed E-state index contributed by atoms with van der Waals surface area (Å²) in [4.78, 5) is 12.4. The maximum atomic E-state index is 12.4. The van der Waals surface area contributed by atoms with E-state index >= 15 is 0 Å². The highest BCUT2D eigenvalue weighted by atomic mass is 16.5. The number of nitrogens with two attached hydrogens (primary N) is 1. The summed E-state index contributed by atoms with van der Waals surface area (Å²) < 4.78 is 5.65. The molecule has 0 heterocycles. The maximum absolute atomic E-state index is 12.4. The molecule has 2 aromatic rings. The van der Waals surface area contributed by atoms with E-state index in [0.29, 0.717) is 29.5 Å². The summed E-state index contributed by atoms with van der Waals surface area (Å²) in [5.41, 5.74) is 8.66. The van der Waals surface area contributed by atoms with E-state index in [1.54, 1.807) is 12.1 Å². The van der Waals surface area contributed by atoms with Crippen LogP contribution in [0, 0.1) is 12.8 Å². The van der Waals surface area contributed by atoms with Crippen molar-refractivity contribution in [1.29, 1.82) is 0 Å². The Morgan fingerprint density at radius 3 is 2.68 bits per heavy atom. The molecule has 0 spiro atoms. The Bertz CT molecular complexity index is 666. The fraction of sp³-hybridized carbons (Fsp3) is 0.278.